The predicted octanol–water partition coefficient (Wildman–Crippen LogP) is 2.36. The molecule has 5 nitrogen and oxygen atoms in total. The van der Waals surface area contributed by atoms with Crippen molar-refractivity contribution >= 4 is 11.6 Å². The summed E-state index contributed by atoms with van der Waals surface area (Å²) in [5.41, 5.74) is 7.50. The van der Waals surface area contributed by atoms with Gasteiger partial charge in [-0.1, -0.05) is 41.1 Å². The Labute approximate surface area is 122 Å². The van der Waals surface area contributed by atoms with Gasteiger partial charge in [-0.2, -0.15) is 0 Å². The van der Waals surface area contributed by atoms with Gasteiger partial charge in [0, 0.05) is 11.6 Å². The van der Waals surface area contributed by atoms with E-state index in [0.29, 0.717) is 11.5 Å². The fraction of sp³-hybridized carbons (Fsp3) is 0.125. The van der Waals surface area contributed by atoms with Gasteiger partial charge in [-0.25, -0.2) is 0 Å². The number of aryl methyl sites for hydroxylation is 1. The average molecular weight is 284 g/mol. The number of oxime groups is 1. The first kappa shape index (κ1) is 14.6. The molecule has 0 fully saturated rings. The van der Waals surface area contributed by atoms with E-state index in [-0.39, 0.29) is 12.2 Å². The summed E-state index contributed by atoms with van der Waals surface area (Å²) in [5.74, 6) is -0.0332. The van der Waals surface area contributed by atoms with Crippen LogP contribution in [0.3, 0.4) is 0 Å². The second kappa shape index (κ2) is 6.56. The number of amides is 1. The minimum atomic E-state index is -0.491. The second-order valence-corrected chi connectivity index (χ2v) is 4.64. The van der Waals surface area contributed by atoms with Crippen LogP contribution in [0.1, 0.15) is 17.5 Å². The quantitative estimate of drug-likeness (QED) is 0.653. The molecule has 0 spiro atoms. The van der Waals surface area contributed by atoms with Crippen molar-refractivity contribution in [3.8, 4) is 11.5 Å². The topological polar surface area (TPSA) is 84.9 Å². The van der Waals surface area contributed by atoms with E-state index >= 15 is 0 Å². The van der Waals surface area contributed by atoms with Crippen molar-refractivity contribution in [1.82, 2.24) is 0 Å². The Morgan fingerprint density at radius 1 is 1.24 bits per heavy atom. The molecule has 0 aliphatic rings. The fourth-order valence-corrected chi connectivity index (χ4v) is 1.82. The molecule has 0 aromatic heterocycles. The van der Waals surface area contributed by atoms with Crippen molar-refractivity contribution in [2.45, 2.75) is 13.3 Å². The molecular formula is C16H16N2O3. The normalized spacial score (nSPS) is 11.2. The van der Waals surface area contributed by atoms with Crippen LogP contribution >= 0.6 is 0 Å². The molecule has 21 heavy (non-hydrogen) atoms. The van der Waals surface area contributed by atoms with Crippen molar-refractivity contribution in [1.29, 1.82) is 0 Å². The molecule has 0 unspecified atom stereocenters. The van der Waals surface area contributed by atoms with Crippen LogP contribution in [-0.2, 0) is 4.79 Å². The van der Waals surface area contributed by atoms with Crippen LogP contribution in [-0.4, -0.2) is 16.7 Å². The number of rotatable bonds is 5. The Morgan fingerprint density at radius 3 is 2.67 bits per heavy atom. The third-order valence-corrected chi connectivity index (χ3v) is 2.77. The molecule has 3 N–H and O–H groups in total. The van der Waals surface area contributed by atoms with Crippen LogP contribution < -0.4 is 10.6 Å². The molecule has 2 rings (SSSR count). The highest BCUT2D eigenvalue weighted by Gasteiger charge is 2.09. The van der Waals surface area contributed by atoms with E-state index in [0.717, 1.165) is 11.1 Å². The highest BCUT2D eigenvalue weighted by atomic mass is 16.6. The number of hydrogen-bond acceptors (Lipinski definition) is 4. The Kier molecular flexibility index (Phi) is 4.56. The third-order valence-electron chi connectivity index (χ3n) is 2.77. The summed E-state index contributed by atoms with van der Waals surface area (Å²) in [7, 11) is 0. The first-order valence-corrected chi connectivity index (χ1v) is 6.43. The molecule has 108 valence electrons. The van der Waals surface area contributed by atoms with Crippen molar-refractivity contribution in [3.05, 3.63) is 59.7 Å². The van der Waals surface area contributed by atoms with Gasteiger partial charge >= 0.3 is 0 Å². The number of nitrogens with zero attached hydrogens (tertiary/aromatic N) is 1. The molecule has 0 aliphatic carbocycles. The largest absolute Gasteiger partial charge is 0.508 e. The smallest absolute Gasteiger partial charge is 0.223 e. The molecular weight excluding hydrogens is 268 g/mol. The number of primary amides is 1. The molecule has 0 heterocycles. The number of aromatic hydroxyl groups is 1. The van der Waals surface area contributed by atoms with Crippen LogP contribution in [0.5, 0.6) is 11.5 Å². The zero-order valence-electron chi connectivity index (χ0n) is 11.6. The summed E-state index contributed by atoms with van der Waals surface area (Å²) in [6.07, 6.45) is -0.0255. The summed E-state index contributed by atoms with van der Waals surface area (Å²) >= 11 is 0. The molecule has 2 aromatic carbocycles. The van der Waals surface area contributed by atoms with Crippen LogP contribution in [0.15, 0.2) is 53.7 Å². The highest BCUT2D eigenvalue weighted by Crippen LogP contribution is 2.18. The molecule has 0 aliphatic heterocycles. The average Bonchev–Trinajstić information content (AvgIpc) is 2.43. The standard InChI is InChI=1S/C16H16N2O3/c1-11-4-2-5-12(8-11)15(10-16(17)20)18-21-14-7-3-6-13(19)9-14/h2-9,19H,10H2,1H3,(H2,17,20)/b18-15+. The number of carbonyl (C=O) groups is 1. The second-order valence-electron chi connectivity index (χ2n) is 4.64. The van der Waals surface area contributed by atoms with E-state index in [1.807, 2.05) is 31.2 Å². The number of phenols is 1. The molecule has 0 radical (unpaired) electrons. The van der Waals surface area contributed by atoms with Gasteiger partial charge in [-0.3, -0.25) is 4.79 Å². The van der Waals surface area contributed by atoms with Crippen LogP contribution in [0, 0.1) is 6.92 Å². The highest BCUT2D eigenvalue weighted by molar-refractivity contribution is 6.10. The molecule has 0 saturated carbocycles. The Bertz CT molecular complexity index is 681. The maximum atomic E-state index is 11.2. The van der Waals surface area contributed by atoms with Crippen LogP contribution in [0.2, 0.25) is 0 Å². The van der Waals surface area contributed by atoms with Crippen LogP contribution in [0.4, 0.5) is 0 Å². The lowest BCUT2D eigenvalue weighted by molar-refractivity contribution is -0.116. The first-order valence-electron chi connectivity index (χ1n) is 6.43. The lowest BCUT2D eigenvalue weighted by Crippen LogP contribution is -2.17. The molecule has 0 saturated heterocycles. The van der Waals surface area contributed by atoms with Gasteiger partial charge in [0.05, 0.1) is 12.1 Å². The Balaban J connectivity index is 2.27. The van der Waals surface area contributed by atoms with Crippen molar-refractivity contribution < 1.29 is 14.7 Å². The van der Waals surface area contributed by atoms with Gasteiger partial charge in [-0.05, 0) is 19.1 Å². The summed E-state index contributed by atoms with van der Waals surface area (Å²) in [6, 6.07) is 13.8. The van der Waals surface area contributed by atoms with Gasteiger partial charge in [0.25, 0.3) is 0 Å². The lowest BCUT2D eigenvalue weighted by atomic mass is 10.1. The molecule has 2 aromatic rings. The SMILES string of the molecule is Cc1cccc(/C(CC(N)=O)=N/Oc2cccc(O)c2)c1. The van der Waals surface area contributed by atoms with Gasteiger partial charge in [0.15, 0.2) is 5.75 Å². The fourth-order valence-electron chi connectivity index (χ4n) is 1.82. The number of benzene rings is 2. The van der Waals surface area contributed by atoms with E-state index in [1.165, 1.54) is 12.1 Å². The summed E-state index contributed by atoms with van der Waals surface area (Å²) < 4.78 is 0. The summed E-state index contributed by atoms with van der Waals surface area (Å²) in [4.78, 5) is 16.4. The zero-order chi connectivity index (χ0) is 15.2. The maximum absolute atomic E-state index is 11.2. The molecule has 0 atom stereocenters. The van der Waals surface area contributed by atoms with E-state index in [4.69, 9.17) is 10.6 Å². The van der Waals surface area contributed by atoms with Gasteiger partial charge in [0.1, 0.15) is 5.75 Å². The van der Waals surface area contributed by atoms with Gasteiger partial charge in [-0.15, -0.1) is 0 Å². The number of carbonyl (C=O) groups excluding carboxylic acids is 1. The van der Waals surface area contributed by atoms with Crippen LogP contribution in [0.25, 0.3) is 0 Å². The van der Waals surface area contributed by atoms with Crippen molar-refractivity contribution in [2.24, 2.45) is 10.9 Å². The minimum absolute atomic E-state index is 0.0255. The van der Waals surface area contributed by atoms with Crippen molar-refractivity contribution in [2.75, 3.05) is 0 Å². The third kappa shape index (κ3) is 4.35. The van der Waals surface area contributed by atoms with Gasteiger partial charge in [0.2, 0.25) is 5.91 Å². The number of hydrogen-bond donors (Lipinski definition) is 2. The number of nitrogens with two attached hydrogens (primary N) is 1. The number of phenolic OH excluding ortho intramolecular Hbond substituents is 1. The van der Waals surface area contributed by atoms with Gasteiger partial charge < -0.3 is 15.7 Å². The maximum Gasteiger partial charge on any atom is 0.223 e. The Hall–Kier alpha value is -2.82. The zero-order valence-corrected chi connectivity index (χ0v) is 11.6. The van der Waals surface area contributed by atoms with E-state index in [1.54, 1.807) is 12.1 Å². The Morgan fingerprint density at radius 2 is 2.00 bits per heavy atom. The van der Waals surface area contributed by atoms with E-state index in [2.05, 4.69) is 5.16 Å². The predicted molar refractivity (Wildman–Crippen MR) is 80.3 cm³/mol. The molecule has 0 bridgehead atoms. The minimum Gasteiger partial charge on any atom is -0.508 e. The summed E-state index contributed by atoms with van der Waals surface area (Å²) in [5, 5.41) is 13.4. The van der Waals surface area contributed by atoms with E-state index in [9.17, 15) is 9.90 Å². The summed E-state index contributed by atoms with van der Waals surface area (Å²) in [6.45, 7) is 1.95. The monoisotopic (exact) mass is 284 g/mol. The first-order chi connectivity index (χ1) is 10.0. The lowest BCUT2D eigenvalue weighted by Gasteiger charge is -2.06. The van der Waals surface area contributed by atoms with Crippen molar-refractivity contribution in [3.63, 3.8) is 0 Å². The molecule has 5 heteroatoms. The molecule has 1 amide bonds. The van der Waals surface area contributed by atoms with E-state index < -0.39 is 5.91 Å².